The molecule has 2 nitrogen and oxygen atoms in total. The van der Waals surface area contributed by atoms with Gasteiger partial charge in [-0.15, -0.1) is 0 Å². The summed E-state index contributed by atoms with van der Waals surface area (Å²) in [6.07, 6.45) is 0. The Hall–Kier alpha value is -1.96. The van der Waals surface area contributed by atoms with E-state index >= 15 is 0 Å². The number of hydrogen-bond donors (Lipinski definition) is 2. The minimum atomic E-state index is 0.422. The van der Waals surface area contributed by atoms with Gasteiger partial charge in [-0.25, -0.2) is 0 Å². The number of phenols is 2. The fraction of sp³-hybridized carbons (Fsp3) is 0.333. The van der Waals surface area contributed by atoms with E-state index in [1.54, 1.807) is 0 Å². The molecule has 2 rings (SSSR count). The van der Waals surface area contributed by atoms with Gasteiger partial charge in [0.2, 0.25) is 0 Å². The molecule has 0 saturated heterocycles. The Kier molecular flexibility index (Phi) is 5.20. The lowest BCUT2D eigenvalue weighted by Gasteiger charge is -2.03. The van der Waals surface area contributed by atoms with Crippen LogP contribution in [-0.4, -0.2) is 10.2 Å². The van der Waals surface area contributed by atoms with E-state index in [0.29, 0.717) is 11.5 Å². The van der Waals surface area contributed by atoms with E-state index in [-0.39, 0.29) is 0 Å². The van der Waals surface area contributed by atoms with Crippen molar-refractivity contribution in [2.24, 2.45) is 0 Å². The first kappa shape index (κ1) is 16.1. The van der Waals surface area contributed by atoms with Gasteiger partial charge in [-0.1, -0.05) is 35.4 Å². The van der Waals surface area contributed by atoms with Crippen molar-refractivity contribution < 1.29 is 10.2 Å². The monoisotopic (exact) mass is 272 g/mol. The molecule has 2 N–H and O–H groups in total. The first-order chi connectivity index (χ1) is 9.22. The van der Waals surface area contributed by atoms with Gasteiger partial charge in [0.15, 0.2) is 0 Å². The second-order valence-corrected chi connectivity index (χ2v) is 5.49. The van der Waals surface area contributed by atoms with E-state index in [9.17, 15) is 10.2 Å². The van der Waals surface area contributed by atoms with E-state index < -0.39 is 0 Å². The maximum absolute atomic E-state index is 9.33. The van der Waals surface area contributed by atoms with Gasteiger partial charge in [-0.3, -0.25) is 0 Å². The molecule has 108 valence electrons. The molecule has 20 heavy (non-hydrogen) atoms. The normalized spacial score (nSPS) is 9.90. The van der Waals surface area contributed by atoms with E-state index in [1.165, 1.54) is 11.1 Å². The molecule has 2 aromatic carbocycles. The molecule has 0 saturated carbocycles. The van der Waals surface area contributed by atoms with E-state index in [0.717, 1.165) is 22.3 Å². The molecule has 0 amide bonds. The van der Waals surface area contributed by atoms with Crippen molar-refractivity contribution >= 4 is 0 Å². The summed E-state index contributed by atoms with van der Waals surface area (Å²) in [6, 6.07) is 7.90. The van der Waals surface area contributed by atoms with Crippen molar-refractivity contribution in [1.82, 2.24) is 0 Å². The molecule has 0 heterocycles. The number of rotatable bonds is 0. The summed E-state index contributed by atoms with van der Waals surface area (Å²) in [6.45, 7) is 11.7. The lowest BCUT2D eigenvalue weighted by atomic mass is 10.1. The Balaban J connectivity index is 0.000000200. The average molecular weight is 272 g/mol. The van der Waals surface area contributed by atoms with Crippen molar-refractivity contribution in [3.05, 3.63) is 57.6 Å². The molecule has 0 radical (unpaired) electrons. The smallest absolute Gasteiger partial charge is 0.121 e. The van der Waals surface area contributed by atoms with Crippen molar-refractivity contribution in [3.8, 4) is 11.5 Å². The second kappa shape index (κ2) is 6.47. The van der Waals surface area contributed by atoms with Crippen LogP contribution in [0.3, 0.4) is 0 Å². The van der Waals surface area contributed by atoms with Crippen LogP contribution < -0.4 is 0 Å². The molecule has 0 aliphatic heterocycles. The summed E-state index contributed by atoms with van der Waals surface area (Å²) in [5.74, 6) is 0.844. The molecular formula is C18H24O2. The summed E-state index contributed by atoms with van der Waals surface area (Å²) < 4.78 is 0. The summed E-state index contributed by atoms with van der Waals surface area (Å²) in [5, 5.41) is 18.7. The Labute approximate surface area is 121 Å². The van der Waals surface area contributed by atoms with Crippen LogP contribution in [0, 0.1) is 41.5 Å². The van der Waals surface area contributed by atoms with E-state index in [4.69, 9.17) is 0 Å². The van der Waals surface area contributed by atoms with Crippen LogP contribution in [0.2, 0.25) is 0 Å². The standard InChI is InChI=1S/2C9H12O/c2*1-6-4-7(2)9(10)8(3)5-6/h2*4-5,10H,1-3H3. The number of hydrogen-bond acceptors (Lipinski definition) is 2. The van der Waals surface area contributed by atoms with Gasteiger partial charge in [0.05, 0.1) is 0 Å². The molecule has 0 aliphatic carbocycles. The van der Waals surface area contributed by atoms with Gasteiger partial charge in [0, 0.05) is 0 Å². The van der Waals surface area contributed by atoms with Crippen LogP contribution in [0.1, 0.15) is 33.4 Å². The Morgan fingerprint density at radius 3 is 0.900 bits per heavy atom. The highest BCUT2D eigenvalue weighted by atomic mass is 16.3. The highest BCUT2D eigenvalue weighted by molar-refractivity contribution is 5.42. The fourth-order valence-corrected chi connectivity index (χ4v) is 2.34. The topological polar surface area (TPSA) is 40.5 Å². The molecule has 0 spiro atoms. The summed E-state index contributed by atoms with van der Waals surface area (Å²) in [4.78, 5) is 0. The second-order valence-electron chi connectivity index (χ2n) is 5.49. The third-order valence-corrected chi connectivity index (χ3v) is 3.27. The van der Waals surface area contributed by atoms with Crippen LogP contribution in [0.25, 0.3) is 0 Å². The minimum absolute atomic E-state index is 0.422. The lowest BCUT2D eigenvalue weighted by Crippen LogP contribution is -1.81. The zero-order valence-electron chi connectivity index (χ0n) is 13.2. The van der Waals surface area contributed by atoms with Gasteiger partial charge < -0.3 is 10.2 Å². The molecule has 0 fully saturated rings. The lowest BCUT2D eigenvalue weighted by molar-refractivity contribution is 0.466. The van der Waals surface area contributed by atoms with Gasteiger partial charge in [-0.05, 0) is 63.8 Å². The zero-order chi connectivity index (χ0) is 15.4. The van der Waals surface area contributed by atoms with Gasteiger partial charge in [0.25, 0.3) is 0 Å². The maximum Gasteiger partial charge on any atom is 0.121 e. The molecule has 0 atom stereocenters. The Morgan fingerprint density at radius 1 is 0.500 bits per heavy atom. The highest BCUT2D eigenvalue weighted by Crippen LogP contribution is 2.22. The van der Waals surface area contributed by atoms with Crippen molar-refractivity contribution in [2.45, 2.75) is 41.5 Å². The number of benzene rings is 2. The first-order valence-corrected chi connectivity index (χ1v) is 6.76. The summed E-state index contributed by atoms with van der Waals surface area (Å²) >= 11 is 0. The average Bonchev–Trinajstić information content (AvgIpc) is 2.33. The third-order valence-electron chi connectivity index (χ3n) is 3.27. The summed E-state index contributed by atoms with van der Waals surface area (Å²) in [5.41, 5.74) is 6.23. The van der Waals surface area contributed by atoms with Crippen LogP contribution in [0.15, 0.2) is 24.3 Å². The maximum atomic E-state index is 9.33. The SMILES string of the molecule is Cc1cc(C)c(O)c(C)c1.Cc1cc(C)c(O)c(C)c1. The van der Waals surface area contributed by atoms with Gasteiger partial charge >= 0.3 is 0 Å². The molecule has 0 unspecified atom stereocenters. The molecule has 2 aromatic rings. The zero-order valence-corrected chi connectivity index (χ0v) is 13.2. The third kappa shape index (κ3) is 4.02. The van der Waals surface area contributed by atoms with Crippen LogP contribution >= 0.6 is 0 Å². The molecular weight excluding hydrogens is 248 g/mol. The largest absolute Gasteiger partial charge is 0.507 e. The first-order valence-electron chi connectivity index (χ1n) is 6.76. The minimum Gasteiger partial charge on any atom is -0.507 e. The van der Waals surface area contributed by atoms with Crippen molar-refractivity contribution in [2.75, 3.05) is 0 Å². The summed E-state index contributed by atoms with van der Waals surface area (Å²) in [7, 11) is 0. The van der Waals surface area contributed by atoms with Gasteiger partial charge in [-0.2, -0.15) is 0 Å². The van der Waals surface area contributed by atoms with E-state index in [2.05, 4.69) is 0 Å². The molecule has 0 bridgehead atoms. The number of aryl methyl sites for hydroxylation is 6. The predicted molar refractivity (Wildman–Crippen MR) is 84.6 cm³/mol. The van der Waals surface area contributed by atoms with Gasteiger partial charge in [0.1, 0.15) is 11.5 Å². The Bertz CT molecular complexity index is 511. The quantitative estimate of drug-likeness (QED) is 0.733. The van der Waals surface area contributed by atoms with Crippen LogP contribution in [0.4, 0.5) is 0 Å². The fourth-order valence-electron chi connectivity index (χ4n) is 2.34. The molecule has 0 aliphatic rings. The number of aromatic hydroxyl groups is 2. The predicted octanol–water partition coefficient (Wildman–Crippen LogP) is 4.63. The van der Waals surface area contributed by atoms with E-state index in [1.807, 2.05) is 65.8 Å². The van der Waals surface area contributed by atoms with Crippen molar-refractivity contribution in [1.29, 1.82) is 0 Å². The number of phenolic OH excluding ortho intramolecular Hbond substituents is 2. The highest BCUT2D eigenvalue weighted by Gasteiger charge is 1.99. The molecule has 0 aromatic heterocycles. The van der Waals surface area contributed by atoms with Crippen LogP contribution in [-0.2, 0) is 0 Å². The molecule has 2 heteroatoms. The van der Waals surface area contributed by atoms with Crippen molar-refractivity contribution in [3.63, 3.8) is 0 Å². The Morgan fingerprint density at radius 2 is 0.700 bits per heavy atom. The van der Waals surface area contributed by atoms with Crippen LogP contribution in [0.5, 0.6) is 11.5 Å².